The van der Waals surface area contributed by atoms with Crippen molar-refractivity contribution in [2.45, 2.75) is 70.2 Å². The van der Waals surface area contributed by atoms with Gasteiger partial charge in [0.1, 0.15) is 18.3 Å². The summed E-state index contributed by atoms with van der Waals surface area (Å²) in [4.78, 5) is 28.6. The molecule has 3 aromatic carbocycles. The first-order chi connectivity index (χ1) is 20.9. The molecule has 1 atom stereocenters. The largest absolute Gasteiger partial charge is 0.497 e. The van der Waals surface area contributed by atoms with Crippen molar-refractivity contribution < 1.29 is 35.9 Å². The van der Waals surface area contributed by atoms with Gasteiger partial charge in [-0.1, -0.05) is 48.4 Å². The Balaban J connectivity index is 2.17. The number of anilines is 1. The van der Waals surface area contributed by atoms with E-state index in [1.165, 1.54) is 36.3 Å². The Morgan fingerprint density at radius 1 is 1.00 bits per heavy atom. The van der Waals surface area contributed by atoms with Gasteiger partial charge in [0.2, 0.25) is 11.8 Å². The number of hydrogen-bond acceptors (Lipinski definition) is 5. The van der Waals surface area contributed by atoms with Crippen molar-refractivity contribution >= 4 is 39.1 Å². The number of hydrogen-bond donors (Lipinski definition) is 1. The molecule has 0 saturated carbocycles. The third-order valence-electron chi connectivity index (χ3n) is 6.80. The molecule has 13 heteroatoms. The zero-order valence-electron chi connectivity index (χ0n) is 25.9. The first kappa shape index (κ1) is 35.7. The molecule has 0 aromatic heterocycles. The van der Waals surface area contributed by atoms with Crippen LogP contribution in [0.4, 0.5) is 18.9 Å². The number of benzene rings is 3. The molecule has 0 radical (unpaired) electrons. The fourth-order valence-electron chi connectivity index (χ4n) is 4.59. The number of amides is 2. The van der Waals surface area contributed by atoms with Crippen LogP contribution in [0.15, 0.2) is 71.6 Å². The summed E-state index contributed by atoms with van der Waals surface area (Å²) in [6.45, 7) is 7.77. The maximum Gasteiger partial charge on any atom is 0.417 e. The molecule has 2 amide bonds. The van der Waals surface area contributed by atoms with Gasteiger partial charge in [-0.15, -0.1) is 0 Å². The Hall–Kier alpha value is -3.77. The average molecular weight is 668 g/mol. The minimum absolute atomic E-state index is 0.112. The van der Waals surface area contributed by atoms with Gasteiger partial charge in [0.05, 0.1) is 28.3 Å². The molecule has 1 unspecified atom stereocenters. The fourth-order valence-corrected chi connectivity index (χ4v) is 6.22. The molecule has 3 aromatic rings. The van der Waals surface area contributed by atoms with Crippen LogP contribution < -0.4 is 14.4 Å². The minimum atomic E-state index is -4.90. The number of alkyl halides is 3. The van der Waals surface area contributed by atoms with Gasteiger partial charge in [-0.2, -0.15) is 13.2 Å². The molecule has 45 heavy (non-hydrogen) atoms. The van der Waals surface area contributed by atoms with Crippen LogP contribution >= 0.6 is 11.6 Å². The van der Waals surface area contributed by atoms with Crippen molar-refractivity contribution in [2.24, 2.45) is 0 Å². The molecular formula is C32H37ClF3N3O5S. The SMILES string of the molecule is CCC(C(=O)NC(C)(C)C)N(Cc1cccc(OC)c1)C(=O)CN(c1ccc(Cl)c(C(F)(F)F)c1)S(=O)(=O)c1ccc(C)cc1. The summed E-state index contributed by atoms with van der Waals surface area (Å²) in [7, 11) is -3.11. The highest BCUT2D eigenvalue weighted by Gasteiger charge is 2.37. The van der Waals surface area contributed by atoms with E-state index in [4.69, 9.17) is 16.3 Å². The van der Waals surface area contributed by atoms with Crippen molar-refractivity contribution in [1.29, 1.82) is 0 Å². The van der Waals surface area contributed by atoms with Gasteiger partial charge in [-0.3, -0.25) is 13.9 Å². The maximum atomic E-state index is 14.2. The van der Waals surface area contributed by atoms with Gasteiger partial charge in [0.25, 0.3) is 10.0 Å². The van der Waals surface area contributed by atoms with Gasteiger partial charge in [0, 0.05) is 12.1 Å². The van der Waals surface area contributed by atoms with Crippen molar-refractivity contribution in [3.63, 3.8) is 0 Å². The Morgan fingerprint density at radius 2 is 1.64 bits per heavy atom. The van der Waals surface area contributed by atoms with E-state index in [1.54, 1.807) is 58.9 Å². The van der Waals surface area contributed by atoms with E-state index in [1.807, 2.05) is 0 Å². The van der Waals surface area contributed by atoms with Crippen molar-refractivity contribution in [1.82, 2.24) is 10.2 Å². The van der Waals surface area contributed by atoms with Crippen LogP contribution in [0.1, 0.15) is 50.8 Å². The van der Waals surface area contributed by atoms with E-state index in [-0.39, 0.29) is 17.9 Å². The molecule has 0 aliphatic heterocycles. The number of nitrogens with zero attached hydrogens (tertiary/aromatic N) is 2. The van der Waals surface area contributed by atoms with Gasteiger partial charge >= 0.3 is 6.18 Å². The van der Waals surface area contributed by atoms with Crippen molar-refractivity contribution in [3.05, 3.63) is 88.4 Å². The maximum absolute atomic E-state index is 14.2. The number of aryl methyl sites for hydroxylation is 1. The highest BCUT2D eigenvalue weighted by atomic mass is 35.5. The van der Waals surface area contributed by atoms with Crippen LogP contribution in [0.25, 0.3) is 0 Å². The van der Waals surface area contributed by atoms with Crippen LogP contribution in [0.5, 0.6) is 5.75 Å². The lowest BCUT2D eigenvalue weighted by atomic mass is 10.1. The number of carbonyl (C=O) groups is 2. The minimum Gasteiger partial charge on any atom is -0.497 e. The second-order valence-electron chi connectivity index (χ2n) is 11.5. The third kappa shape index (κ3) is 9.13. The second-order valence-corrected chi connectivity index (χ2v) is 13.8. The lowest BCUT2D eigenvalue weighted by Gasteiger charge is -2.35. The van der Waals surface area contributed by atoms with Crippen LogP contribution in [0, 0.1) is 6.92 Å². The molecule has 0 fully saturated rings. The number of carbonyl (C=O) groups excluding carboxylic acids is 2. The third-order valence-corrected chi connectivity index (χ3v) is 8.92. The summed E-state index contributed by atoms with van der Waals surface area (Å²) in [6, 6.07) is 14.1. The Labute approximate surface area is 267 Å². The quantitative estimate of drug-likeness (QED) is 0.249. The molecule has 0 heterocycles. The van der Waals surface area contributed by atoms with Crippen LogP contribution in [-0.2, 0) is 32.3 Å². The molecule has 1 N–H and O–H groups in total. The molecule has 8 nitrogen and oxygen atoms in total. The first-order valence-corrected chi connectivity index (χ1v) is 15.9. The lowest BCUT2D eigenvalue weighted by Crippen LogP contribution is -2.55. The highest BCUT2D eigenvalue weighted by Crippen LogP contribution is 2.38. The van der Waals surface area contributed by atoms with Crippen LogP contribution in [-0.4, -0.2) is 50.4 Å². The molecule has 3 rings (SSSR count). The fraction of sp³-hybridized carbons (Fsp3) is 0.375. The zero-order chi connectivity index (χ0) is 33.7. The summed E-state index contributed by atoms with van der Waals surface area (Å²) in [5.41, 5.74) is -0.990. The van der Waals surface area contributed by atoms with E-state index in [2.05, 4.69) is 5.32 Å². The van der Waals surface area contributed by atoms with Crippen LogP contribution in [0.2, 0.25) is 5.02 Å². The van der Waals surface area contributed by atoms with Crippen molar-refractivity contribution in [2.75, 3.05) is 18.0 Å². The molecular weight excluding hydrogens is 631 g/mol. The zero-order valence-corrected chi connectivity index (χ0v) is 27.5. The monoisotopic (exact) mass is 667 g/mol. The number of ether oxygens (including phenoxy) is 1. The summed E-state index contributed by atoms with van der Waals surface area (Å²) in [6.07, 6.45) is -4.73. The first-order valence-electron chi connectivity index (χ1n) is 14.1. The van der Waals surface area contributed by atoms with Gasteiger partial charge in [-0.25, -0.2) is 8.42 Å². The Bertz CT molecular complexity index is 1620. The Kier molecular flexibility index (Phi) is 11.2. The summed E-state index contributed by atoms with van der Waals surface area (Å²) in [5, 5.41) is 2.23. The molecule has 0 aliphatic rings. The number of rotatable bonds is 11. The standard InChI is InChI=1S/C32H37ClF3N3O5S/c1-7-28(30(41)37-31(3,4)5)38(19-22-9-8-10-24(17-22)44-6)29(40)20-39(45(42,43)25-14-11-21(2)12-15-25)23-13-16-27(33)26(18-23)32(34,35)36/h8-18,28H,7,19-20H2,1-6H3,(H,37,41). The predicted octanol–water partition coefficient (Wildman–Crippen LogP) is 6.59. The van der Waals surface area contributed by atoms with E-state index in [0.29, 0.717) is 21.7 Å². The molecule has 244 valence electrons. The van der Waals surface area contributed by atoms with E-state index in [9.17, 15) is 31.2 Å². The Morgan fingerprint density at radius 3 is 2.20 bits per heavy atom. The van der Waals surface area contributed by atoms with Gasteiger partial charge in [-0.05, 0) is 82.1 Å². The van der Waals surface area contributed by atoms with Crippen molar-refractivity contribution in [3.8, 4) is 5.75 Å². The van der Waals surface area contributed by atoms with Crippen LogP contribution in [0.3, 0.4) is 0 Å². The summed E-state index contributed by atoms with van der Waals surface area (Å²) >= 11 is 5.84. The summed E-state index contributed by atoms with van der Waals surface area (Å²) in [5.74, 6) is -0.788. The molecule has 0 saturated heterocycles. The number of nitrogens with one attached hydrogen (secondary N) is 1. The van der Waals surface area contributed by atoms with E-state index in [0.717, 1.165) is 17.7 Å². The number of sulfonamides is 1. The topological polar surface area (TPSA) is 96.0 Å². The van der Waals surface area contributed by atoms with Gasteiger partial charge < -0.3 is 15.0 Å². The second kappa shape index (κ2) is 14.1. The molecule has 0 spiro atoms. The van der Waals surface area contributed by atoms with E-state index < -0.39 is 62.4 Å². The van der Waals surface area contributed by atoms with E-state index >= 15 is 0 Å². The molecule has 0 bridgehead atoms. The van der Waals surface area contributed by atoms with Gasteiger partial charge in [0.15, 0.2) is 0 Å². The summed E-state index contributed by atoms with van der Waals surface area (Å²) < 4.78 is 75.4. The lowest BCUT2D eigenvalue weighted by molar-refractivity contribution is -0.141. The number of methoxy groups -OCH3 is 1. The molecule has 0 aliphatic carbocycles. The number of halogens is 4. The normalized spacial score (nSPS) is 12.8. The highest BCUT2D eigenvalue weighted by molar-refractivity contribution is 7.92. The average Bonchev–Trinajstić information content (AvgIpc) is 2.94. The predicted molar refractivity (Wildman–Crippen MR) is 168 cm³/mol. The smallest absolute Gasteiger partial charge is 0.417 e.